The van der Waals surface area contributed by atoms with Crippen molar-refractivity contribution < 1.29 is 14.1 Å². The molecule has 1 N–H and O–H groups in total. The summed E-state index contributed by atoms with van der Waals surface area (Å²) in [6, 6.07) is 0. The fourth-order valence-electron chi connectivity index (χ4n) is 3.04. The van der Waals surface area contributed by atoms with Gasteiger partial charge in [-0.25, -0.2) is 0 Å². The molecule has 22 heavy (non-hydrogen) atoms. The average molecular weight is 331 g/mol. The molecular weight excluding hydrogens is 308 g/mol. The molecule has 8 heteroatoms. The predicted molar refractivity (Wildman–Crippen MR) is 81.9 cm³/mol. The van der Waals surface area contributed by atoms with Crippen molar-refractivity contribution in [1.29, 1.82) is 0 Å². The van der Waals surface area contributed by atoms with Gasteiger partial charge in [0.15, 0.2) is 5.82 Å². The van der Waals surface area contributed by atoms with Crippen LogP contribution in [0.4, 0.5) is 0 Å². The number of likely N-dealkylation sites (tertiary alicyclic amines) is 1. The van der Waals surface area contributed by atoms with Gasteiger partial charge in [0, 0.05) is 39.5 Å². The molecule has 0 aliphatic carbocycles. The van der Waals surface area contributed by atoms with Gasteiger partial charge in [0.1, 0.15) is 6.10 Å². The minimum absolute atomic E-state index is 0. The van der Waals surface area contributed by atoms with E-state index in [1.165, 1.54) is 0 Å². The summed E-state index contributed by atoms with van der Waals surface area (Å²) in [6.07, 6.45) is 2.56. The van der Waals surface area contributed by atoms with Crippen molar-refractivity contribution in [2.45, 2.75) is 32.3 Å². The first-order chi connectivity index (χ1) is 10.2. The Bertz CT molecular complexity index is 490. The zero-order chi connectivity index (χ0) is 14.7. The van der Waals surface area contributed by atoms with Crippen LogP contribution in [0.5, 0.6) is 0 Å². The number of nitrogens with one attached hydrogen (secondary N) is 1. The number of halogens is 1. The number of aromatic nitrogens is 2. The first kappa shape index (κ1) is 17.2. The monoisotopic (exact) mass is 330 g/mol. The SMILES string of the molecule is Cc1nc(CC2CCCN(C(=O)C3CNCCO3)C2)no1.Cl. The summed E-state index contributed by atoms with van der Waals surface area (Å²) >= 11 is 0. The molecule has 7 nitrogen and oxygen atoms in total. The first-order valence-corrected chi connectivity index (χ1v) is 7.62. The second-order valence-corrected chi connectivity index (χ2v) is 5.79. The Morgan fingerprint density at radius 3 is 3.05 bits per heavy atom. The molecule has 3 heterocycles. The number of amides is 1. The van der Waals surface area contributed by atoms with E-state index in [0.717, 1.165) is 44.7 Å². The van der Waals surface area contributed by atoms with E-state index in [9.17, 15) is 4.79 Å². The van der Waals surface area contributed by atoms with Crippen molar-refractivity contribution in [2.24, 2.45) is 5.92 Å². The van der Waals surface area contributed by atoms with Crippen LogP contribution in [0, 0.1) is 12.8 Å². The Morgan fingerprint density at radius 2 is 2.36 bits per heavy atom. The summed E-state index contributed by atoms with van der Waals surface area (Å²) in [6.45, 7) is 5.41. The number of hydrogen-bond donors (Lipinski definition) is 1. The van der Waals surface area contributed by atoms with Gasteiger partial charge in [0.25, 0.3) is 5.91 Å². The molecule has 2 atom stereocenters. The first-order valence-electron chi connectivity index (χ1n) is 7.62. The van der Waals surface area contributed by atoms with Gasteiger partial charge in [-0.15, -0.1) is 12.4 Å². The number of morpholine rings is 1. The summed E-state index contributed by atoms with van der Waals surface area (Å²) in [5.41, 5.74) is 0. The largest absolute Gasteiger partial charge is 0.366 e. The van der Waals surface area contributed by atoms with Crippen LogP contribution in [0.1, 0.15) is 24.6 Å². The summed E-state index contributed by atoms with van der Waals surface area (Å²) in [5.74, 6) is 1.84. The van der Waals surface area contributed by atoms with Crippen LogP contribution in [-0.4, -0.2) is 59.8 Å². The number of piperidine rings is 1. The number of ether oxygens (including phenoxy) is 1. The van der Waals surface area contributed by atoms with Crippen LogP contribution in [0.25, 0.3) is 0 Å². The molecule has 2 aliphatic rings. The van der Waals surface area contributed by atoms with Gasteiger partial charge in [0.2, 0.25) is 5.89 Å². The van der Waals surface area contributed by atoms with Gasteiger partial charge in [-0.2, -0.15) is 4.98 Å². The third-order valence-electron chi connectivity index (χ3n) is 4.07. The summed E-state index contributed by atoms with van der Waals surface area (Å²) in [7, 11) is 0. The molecule has 1 aromatic heterocycles. The normalized spacial score (nSPS) is 25.6. The lowest BCUT2D eigenvalue weighted by molar-refractivity contribution is -0.147. The summed E-state index contributed by atoms with van der Waals surface area (Å²) < 4.78 is 10.6. The van der Waals surface area contributed by atoms with E-state index in [2.05, 4.69) is 15.5 Å². The van der Waals surface area contributed by atoms with Gasteiger partial charge >= 0.3 is 0 Å². The second kappa shape index (κ2) is 7.89. The average Bonchev–Trinajstić information content (AvgIpc) is 2.93. The third kappa shape index (κ3) is 4.18. The fourth-order valence-corrected chi connectivity index (χ4v) is 3.04. The highest BCUT2D eigenvalue weighted by Crippen LogP contribution is 2.21. The van der Waals surface area contributed by atoms with Crippen LogP contribution < -0.4 is 5.32 Å². The zero-order valence-corrected chi connectivity index (χ0v) is 13.6. The quantitative estimate of drug-likeness (QED) is 0.872. The molecule has 0 saturated carbocycles. The van der Waals surface area contributed by atoms with Gasteiger partial charge in [-0.1, -0.05) is 5.16 Å². The zero-order valence-electron chi connectivity index (χ0n) is 12.8. The Labute approximate surface area is 136 Å². The highest BCUT2D eigenvalue weighted by Gasteiger charge is 2.31. The molecule has 124 valence electrons. The number of aryl methyl sites for hydroxylation is 1. The third-order valence-corrected chi connectivity index (χ3v) is 4.07. The minimum atomic E-state index is -0.329. The van der Waals surface area contributed by atoms with E-state index in [1.54, 1.807) is 6.92 Å². The Kier molecular flexibility index (Phi) is 6.16. The van der Waals surface area contributed by atoms with Crippen LogP contribution in [-0.2, 0) is 16.0 Å². The van der Waals surface area contributed by atoms with Crippen molar-refractivity contribution in [3.05, 3.63) is 11.7 Å². The number of rotatable bonds is 3. The second-order valence-electron chi connectivity index (χ2n) is 5.79. The molecule has 0 spiro atoms. The molecule has 2 fully saturated rings. The van der Waals surface area contributed by atoms with Crippen LogP contribution in [0.2, 0.25) is 0 Å². The number of carbonyl (C=O) groups is 1. The molecule has 0 bridgehead atoms. The Balaban J connectivity index is 0.00000176. The van der Waals surface area contributed by atoms with E-state index in [4.69, 9.17) is 9.26 Å². The standard InChI is InChI=1S/C14H22N4O3.ClH/c1-10-16-13(17-21-10)7-11-3-2-5-18(9-11)14(19)12-8-15-4-6-20-12;/h11-12,15H,2-9H2,1H3;1H. The minimum Gasteiger partial charge on any atom is -0.366 e. The maximum atomic E-state index is 12.5. The predicted octanol–water partition coefficient (Wildman–Crippen LogP) is 0.569. The van der Waals surface area contributed by atoms with Gasteiger partial charge in [-0.3, -0.25) is 4.79 Å². The molecule has 3 rings (SSSR count). The van der Waals surface area contributed by atoms with Crippen molar-refractivity contribution in [2.75, 3.05) is 32.8 Å². The molecule has 2 unspecified atom stereocenters. The highest BCUT2D eigenvalue weighted by atomic mass is 35.5. The maximum Gasteiger partial charge on any atom is 0.253 e. The number of hydrogen-bond acceptors (Lipinski definition) is 6. The van der Waals surface area contributed by atoms with Crippen LogP contribution in [0.3, 0.4) is 0 Å². The van der Waals surface area contributed by atoms with E-state index in [1.807, 2.05) is 4.90 Å². The van der Waals surface area contributed by atoms with E-state index in [-0.39, 0.29) is 24.4 Å². The van der Waals surface area contributed by atoms with Crippen molar-refractivity contribution in [3.8, 4) is 0 Å². The number of carbonyl (C=O) groups excluding carboxylic acids is 1. The smallest absolute Gasteiger partial charge is 0.253 e. The summed E-state index contributed by atoms with van der Waals surface area (Å²) in [5, 5.41) is 7.15. The van der Waals surface area contributed by atoms with Crippen molar-refractivity contribution in [3.63, 3.8) is 0 Å². The molecule has 2 aliphatic heterocycles. The molecule has 1 aromatic rings. The topological polar surface area (TPSA) is 80.5 Å². The lowest BCUT2D eigenvalue weighted by Crippen LogP contribution is -2.52. The lowest BCUT2D eigenvalue weighted by atomic mass is 9.94. The number of nitrogens with zero attached hydrogens (tertiary/aromatic N) is 3. The van der Waals surface area contributed by atoms with E-state index >= 15 is 0 Å². The van der Waals surface area contributed by atoms with Crippen molar-refractivity contribution in [1.82, 2.24) is 20.4 Å². The van der Waals surface area contributed by atoms with Gasteiger partial charge < -0.3 is 19.5 Å². The molecule has 2 saturated heterocycles. The van der Waals surface area contributed by atoms with E-state index in [0.29, 0.717) is 25.0 Å². The van der Waals surface area contributed by atoms with Crippen molar-refractivity contribution >= 4 is 18.3 Å². The van der Waals surface area contributed by atoms with E-state index < -0.39 is 0 Å². The highest BCUT2D eigenvalue weighted by molar-refractivity contribution is 5.85. The van der Waals surface area contributed by atoms with Crippen LogP contribution >= 0.6 is 12.4 Å². The fraction of sp³-hybridized carbons (Fsp3) is 0.786. The molecule has 1 amide bonds. The van der Waals surface area contributed by atoms with Crippen LogP contribution in [0.15, 0.2) is 4.52 Å². The maximum absolute atomic E-state index is 12.5. The Hall–Kier alpha value is -1.18. The Morgan fingerprint density at radius 1 is 1.50 bits per heavy atom. The summed E-state index contributed by atoms with van der Waals surface area (Å²) in [4.78, 5) is 18.6. The van der Waals surface area contributed by atoms with Gasteiger partial charge in [-0.05, 0) is 18.8 Å². The molecule has 0 aromatic carbocycles. The molecular formula is C14H23ClN4O3. The van der Waals surface area contributed by atoms with Gasteiger partial charge in [0.05, 0.1) is 6.61 Å². The molecule has 0 radical (unpaired) electrons. The lowest BCUT2D eigenvalue weighted by Gasteiger charge is -2.35.